The highest BCUT2D eigenvalue weighted by molar-refractivity contribution is 9.10. The van der Waals surface area contributed by atoms with Gasteiger partial charge in [-0.05, 0) is 41.4 Å². The van der Waals surface area contributed by atoms with Gasteiger partial charge in [0.15, 0.2) is 5.82 Å². The van der Waals surface area contributed by atoms with E-state index in [1.165, 1.54) is 6.20 Å². The van der Waals surface area contributed by atoms with E-state index in [4.69, 9.17) is 0 Å². The average Bonchev–Trinajstić information content (AvgIpc) is 2.95. The van der Waals surface area contributed by atoms with Crippen LogP contribution in [-0.4, -0.2) is 30.5 Å². The fourth-order valence-corrected chi connectivity index (χ4v) is 2.53. The summed E-state index contributed by atoms with van der Waals surface area (Å²) in [5.74, 6) is 0.144. The number of hydrogen-bond acceptors (Lipinski definition) is 5. The largest absolute Gasteiger partial charge is 0.341 e. The molecule has 0 aliphatic carbocycles. The lowest BCUT2D eigenvalue weighted by molar-refractivity contribution is 0.0932. The van der Waals surface area contributed by atoms with Gasteiger partial charge in [-0.25, -0.2) is 4.98 Å². The Morgan fingerprint density at radius 2 is 2.17 bits per heavy atom. The number of fused-ring (bicyclic) bond motifs is 1. The summed E-state index contributed by atoms with van der Waals surface area (Å²) in [4.78, 5) is 30.8. The standard InChI is InChI=1S/C14H13BrN6O2/c1-7-3-4-9(15)18-10(7)13(22)17-8(2)11-19-20-12-14(23)16-5-6-21(11)12/h3-6,8H,1-2H3,(H,16,23)(H,17,22). The fraction of sp³-hybridized carbons (Fsp3) is 0.214. The van der Waals surface area contributed by atoms with Crippen LogP contribution in [-0.2, 0) is 0 Å². The molecule has 0 saturated heterocycles. The first kappa shape index (κ1) is 15.3. The van der Waals surface area contributed by atoms with Crippen LogP contribution in [0.4, 0.5) is 0 Å². The summed E-state index contributed by atoms with van der Waals surface area (Å²) in [5.41, 5.74) is 0.938. The van der Waals surface area contributed by atoms with Gasteiger partial charge in [0.2, 0.25) is 5.65 Å². The van der Waals surface area contributed by atoms with E-state index in [-0.39, 0.29) is 17.1 Å². The van der Waals surface area contributed by atoms with Crippen molar-refractivity contribution in [3.8, 4) is 0 Å². The minimum atomic E-state index is -0.445. The van der Waals surface area contributed by atoms with Crippen LogP contribution in [0.2, 0.25) is 0 Å². The first-order valence-electron chi connectivity index (χ1n) is 6.83. The normalized spacial score (nSPS) is 12.3. The van der Waals surface area contributed by atoms with E-state index in [2.05, 4.69) is 41.4 Å². The molecule has 9 heteroatoms. The van der Waals surface area contributed by atoms with Gasteiger partial charge in [-0.2, -0.15) is 0 Å². The monoisotopic (exact) mass is 376 g/mol. The third-order valence-corrected chi connectivity index (χ3v) is 3.82. The van der Waals surface area contributed by atoms with Crippen molar-refractivity contribution in [3.63, 3.8) is 0 Å². The minimum Gasteiger partial charge on any atom is -0.341 e. The minimum absolute atomic E-state index is 0.181. The molecule has 0 spiro atoms. The number of amides is 1. The number of nitrogens with zero attached hydrogens (tertiary/aromatic N) is 4. The van der Waals surface area contributed by atoms with E-state index >= 15 is 0 Å². The van der Waals surface area contributed by atoms with Crippen molar-refractivity contribution in [1.82, 2.24) is 29.9 Å². The first-order chi connectivity index (χ1) is 11.0. The van der Waals surface area contributed by atoms with Gasteiger partial charge in [-0.3, -0.25) is 14.0 Å². The fourth-order valence-electron chi connectivity index (χ4n) is 2.22. The van der Waals surface area contributed by atoms with Crippen molar-refractivity contribution in [2.75, 3.05) is 0 Å². The molecule has 3 rings (SSSR count). The van der Waals surface area contributed by atoms with Crippen LogP contribution in [0.3, 0.4) is 0 Å². The van der Waals surface area contributed by atoms with Crippen molar-refractivity contribution in [3.05, 3.63) is 56.6 Å². The number of carbonyl (C=O) groups is 1. The Hall–Kier alpha value is -2.55. The van der Waals surface area contributed by atoms with Crippen LogP contribution in [0, 0.1) is 6.92 Å². The molecule has 0 aliphatic heterocycles. The number of aromatic amines is 1. The van der Waals surface area contributed by atoms with E-state index in [1.807, 2.05) is 13.0 Å². The highest BCUT2D eigenvalue weighted by Gasteiger charge is 2.19. The topological polar surface area (TPSA) is 105 Å². The molecule has 8 nitrogen and oxygen atoms in total. The highest BCUT2D eigenvalue weighted by Crippen LogP contribution is 2.14. The molecular formula is C14H13BrN6O2. The molecule has 0 radical (unpaired) electrons. The second-order valence-corrected chi connectivity index (χ2v) is 5.85. The number of pyridine rings is 1. The van der Waals surface area contributed by atoms with E-state index in [9.17, 15) is 9.59 Å². The quantitative estimate of drug-likeness (QED) is 0.671. The molecule has 0 aromatic carbocycles. The number of aromatic nitrogens is 5. The first-order valence-corrected chi connectivity index (χ1v) is 7.63. The van der Waals surface area contributed by atoms with Gasteiger partial charge < -0.3 is 10.3 Å². The molecule has 2 N–H and O–H groups in total. The maximum absolute atomic E-state index is 12.4. The molecule has 0 saturated carbocycles. The second-order valence-electron chi connectivity index (χ2n) is 5.04. The van der Waals surface area contributed by atoms with Crippen molar-refractivity contribution in [1.29, 1.82) is 0 Å². The average molecular weight is 377 g/mol. The number of halogens is 1. The van der Waals surface area contributed by atoms with Crippen LogP contribution >= 0.6 is 15.9 Å². The number of nitrogens with one attached hydrogen (secondary N) is 2. The molecule has 3 aromatic heterocycles. The van der Waals surface area contributed by atoms with Gasteiger partial charge in [0.05, 0.1) is 6.04 Å². The van der Waals surface area contributed by atoms with Crippen molar-refractivity contribution in [2.24, 2.45) is 0 Å². The van der Waals surface area contributed by atoms with E-state index in [1.54, 1.807) is 23.6 Å². The van der Waals surface area contributed by atoms with Crippen LogP contribution in [0.5, 0.6) is 0 Å². The Kier molecular flexibility index (Phi) is 3.95. The highest BCUT2D eigenvalue weighted by atomic mass is 79.9. The van der Waals surface area contributed by atoms with Gasteiger partial charge in [-0.1, -0.05) is 6.07 Å². The Balaban J connectivity index is 1.90. The molecule has 1 amide bonds. The Morgan fingerprint density at radius 1 is 1.39 bits per heavy atom. The summed E-state index contributed by atoms with van der Waals surface area (Å²) in [6.45, 7) is 3.58. The third-order valence-electron chi connectivity index (χ3n) is 3.38. The zero-order valence-corrected chi connectivity index (χ0v) is 14.0. The Bertz CT molecular complexity index is 948. The predicted molar refractivity (Wildman–Crippen MR) is 86.2 cm³/mol. The number of rotatable bonds is 3. The summed E-state index contributed by atoms with van der Waals surface area (Å²) in [6, 6.07) is 3.13. The smallest absolute Gasteiger partial charge is 0.293 e. The van der Waals surface area contributed by atoms with Gasteiger partial charge in [-0.15, -0.1) is 10.2 Å². The van der Waals surface area contributed by atoms with Crippen LogP contribution < -0.4 is 10.9 Å². The zero-order valence-electron chi connectivity index (χ0n) is 12.4. The van der Waals surface area contributed by atoms with Crippen molar-refractivity contribution >= 4 is 27.5 Å². The van der Waals surface area contributed by atoms with E-state index in [0.717, 1.165) is 5.56 Å². The summed E-state index contributed by atoms with van der Waals surface area (Å²) in [5, 5.41) is 10.7. The molecule has 3 heterocycles. The SMILES string of the molecule is Cc1ccc(Br)nc1C(=O)NC(C)c1nnc2c(=O)[nH]ccn12. The maximum Gasteiger partial charge on any atom is 0.293 e. The predicted octanol–water partition coefficient (Wildman–Crippen LogP) is 1.37. The summed E-state index contributed by atoms with van der Waals surface area (Å²) >= 11 is 3.25. The van der Waals surface area contributed by atoms with Crippen LogP contribution in [0.1, 0.15) is 34.8 Å². The Morgan fingerprint density at radius 3 is 2.96 bits per heavy atom. The number of carbonyl (C=O) groups excluding carboxylic acids is 1. The number of H-pyrrole nitrogens is 1. The molecule has 0 aliphatic rings. The zero-order chi connectivity index (χ0) is 16.6. The lowest BCUT2D eigenvalue weighted by Gasteiger charge is -2.13. The van der Waals surface area contributed by atoms with Crippen LogP contribution in [0.15, 0.2) is 33.9 Å². The molecule has 0 fully saturated rings. The lowest BCUT2D eigenvalue weighted by atomic mass is 10.2. The molecular weight excluding hydrogens is 364 g/mol. The molecule has 3 aromatic rings. The third kappa shape index (κ3) is 2.87. The van der Waals surface area contributed by atoms with Crippen molar-refractivity contribution < 1.29 is 4.79 Å². The summed E-state index contributed by atoms with van der Waals surface area (Å²) in [6.07, 6.45) is 3.13. The number of hydrogen-bond donors (Lipinski definition) is 2. The van der Waals surface area contributed by atoms with Gasteiger partial charge in [0.1, 0.15) is 10.3 Å². The maximum atomic E-state index is 12.4. The molecule has 0 bridgehead atoms. The molecule has 1 atom stereocenters. The van der Waals surface area contributed by atoms with Crippen molar-refractivity contribution in [2.45, 2.75) is 19.9 Å². The number of aryl methyl sites for hydroxylation is 1. The van der Waals surface area contributed by atoms with E-state index in [0.29, 0.717) is 16.1 Å². The Labute approximate surface area is 139 Å². The van der Waals surface area contributed by atoms with Crippen LogP contribution in [0.25, 0.3) is 5.65 Å². The van der Waals surface area contributed by atoms with Gasteiger partial charge >= 0.3 is 0 Å². The molecule has 1 unspecified atom stereocenters. The summed E-state index contributed by atoms with van der Waals surface area (Å²) < 4.78 is 2.13. The van der Waals surface area contributed by atoms with Gasteiger partial charge in [0.25, 0.3) is 11.5 Å². The lowest BCUT2D eigenvalue weighted by Crippen LogP contribution is -2.29. The second kappa shape index (κ2) is 5.92. The van der Waals surface area contributed by atoms with E-state index < -0.39 is 6.04 Å². The molecule has 118 valence electrons. The summed E-state index contributed by atoms with van der Waals surface area (Å²) in [7, 11) is 0. The van der Waals surface area contributed by atoms with Gasteiger partial charge in [0, 0.05) is 12.4 Å². The molecule has 23 heavy (non-hydrogen) atoms.